The van der Waals surface area contributed by atoms with Crippen molar-refractivity contribution in [1.82, 2.24) is 5.12 Å². The van der Waals surface area contributed by atoms with Gasteiger partial charge in [-0.1, -0.05) is 10.6 Å². The number of carbonyl (C=O) groups excluding carboxylic acids is 1. The van der Waals surface area contributed by atoms with Crippen molar-refractivity contribution < 1.29 is 9.28 Å². The average Bonchev–Trinajstić information content (AvgIpc) is 1.91. The predicted molar refractivity (Wildman–Crippen MR) is 21.7 cm³/mol. The molecule has 0 saturated heterocycles. The Balaban J connectivity index is 2.62. The third kappa shape index (κ3) is 0.607. The van der Waals surface area contributed by atoms with Crippen LogP contribution >= 0.6 is 0 Å². The van der Waals surface area contributed by atoms with Gasteiger partial charge in [0.05, 0.1) is 0 Å². The summed E-state index contributed by atoms with van der Waals surface area (Å²) in [4.78, 5) is 10.1. The highest BCUT2D eigenvalue weighted by atomic mass is 19.2. The largest absolute Gasteiger partial charge is 0.272 e. The van der Waals surface area contributed by atoms with Gasteiger partial charge in [-0.2, -0.15) is 5.12 Å². The van der Waals surface area contributed by atoms with Crippen LogP contribution in [0, 0.1) is 0 Å². The summed E-state index contributed by atoms with van der Waals surface area (Å²) in [7, 11) is 0. The first-order valence-electron chi connectivity index (χ1n) is 1.95. The van der Waals surface area contributed by atoms with Crippen LogP contribution in [0.3, 0.4) is 0 Å². The second-order valence-electron chi connectivity index (χ2n) is 1.29. The number of rotatable bonds is 0. The monoisotopic (exact) mass is 101 g/mol. The molecule has 3 heteroatoms. The van der Waals surface area contributed by atoms with Crippen molar-refractivity contribution in [2.75, 3.05) is 0 Å². The minimum Gasteiger partial charge on any atom is -0.272 e. The van der Waals surface area contributed by atoms with Crippen LogP contribution < -0.4 is 0 Å². The van der Waals surface area contributed by atoms with E-state index < -0.39 is 5.91 Å². The van der Waals surface area contributed by atoms with Crippen molar-refractivity contribution >= 4 is 5.91 Å². The van der Waals surface area contributed by atoms with Crippen molar-refractivity contribution in [3.63, 3.8) is 0 Å². The Morgan fingerprint density at radius 1 is 1.86 bits per heavy atom. The standard InChI is InChI=1S/C4H4FNO/c5-6-3-1-2-4(6)7/h1,3H,2H2. The number of amides is 1. The highest BCUT2D eigenvalue weighted by Gasteiger charge is 2.11. The van der Waals surface area contributed by atoms with E-state index in [0.717, 1.165) is 6.20 Å². The van der Waals surface area contributed by atoms with Crippen molar-refractivity contribution in [3.05, 3.63) is 12.3 Å². The Morgan fingerprint density at radius 3 is 2.71 bits per heavy atom. The van der Waals surface area contributed by atoms with E-state index in [0.29, 0.717) is 0 Å². The molecule has 0 aromatic rings. The average molecular weight is 101 g/mol. The molecule has 0 spiro atoms. The summed E-state index contributed by atoms with van der Waals surface area (Å²) >= 11 is 0. The Kier molecular flexibility index (Phi) is 0.817. The Hall–Kier alpha value is -0.860. The van der Waals surface area contributed by atoms with Gasteiger partial charge >= 0.3 is 0 Å². The SMILES string of the molecule is O=C1CC=CN1F. The van der Waals surface area contributed by atoms with E-state index in [2.05, 4.69) is 0 Å². The van der Waals surface area contributed by atoms with Crippen LogP contribution in [0.2, 0.25) is 0 Å². The van der Waals surface area contributed by atoms with E-state index in [1.807, 2.05) is 0 Å². The lowest BCUT2D eigenvalue weighted by atomic mass is 10.5. The maximum Gasteiger partial charge on any atom is 0.258 e. The molecule has 1 heterocycles. The number of nitrogens with zero attached hydrogens (tertiary/aromatic N) is 1. The first-order chi connectivity index (χ1) is 3.30. The first kappa shape index (κ1) is 4.30. The lowest BCUT2D eigenvalue weighted by molar-refractivity contribution is -0.137. The second kappa shape index (κ2) is 1.33. The van der Waals surface area contributed by atoms with Crippen molar-refractivity contribution in [2.45, 2.75) is 6.42 Å². The number of hydrogen-bond acceptors (Lipinski definition) is 1. The zero-order chi connectivity index (χ0) is 5.28. The third-order valence-corrected chi connectivity index (χ3v) is 0.767. The molecule has 1 aliphatic rings. The van der Waals surface area contributed by atoms with Crippen LogP contribution in [-0.4, -0.2) is 11.0 Å². The fraction of sp³-hybridized carbons (Fsp3) is 0.250. The van der Waals surface area contributed by atoms with E-state index >= 15 is 0 Å². The molecule has 0 aromatic carbocycles. The fourth-order valence-corrected chi connectivity index (χ4v) is 0.416. The van der Waals surface area contributed by atoms with Crippen LogP contribution in [0.15, 0.2) is 12.3 Å². The molecule has 0 atom stereocenters. The number of carbonyl (C=O) groups is 1. The summed E-state index contributed by atoms with van der Waals surface area (Å²) in [6.07, 6.45) is 2.79. The van der Waals surface area contributed by atoms with Crippen LogP contribution in [0.5, 0.6) is 0 Å². The number of hydrogen-bond donors (Lipinski definition) is 0. The first-order valence-corrected chi connectivity index (χ1v) is 1.95. The lowest BCUT2D eigenvalue weighted by Gasteiger charge is -1.93. The third-order valence-electron chi connectivity index (χ3n) is 0.767. The molecule has 7 heavy (non-hydrogen) atoms. The minimum atomic E-state index is -0.486. The molecule has 1 amide bonds. The topological polar surface area (TPSA) is 20.3 Å². The highest BCUT2D eigenvalue weighted by Crippen LogP contribution is 2.04. The maximum absolute atomic E-state index is 11.7. The van der Waals surface area contributed by atoms with Crippen molar-refractivity contribution in [2.24, 2.45) is 0 Å². The van der Waals surface area contributed by atoms with E-state index in [-0.39, 0.29) is 11.5 Å². The molecule has 0 radical (unpaired) electrons. The van der Waals surface area contributed by atoms with E-state index in [4.69, 9.17) is 0 Å². The van der Waals surface area contributed by atoms with Gasteiger partial charge in [0.2, 0.25) is 0 Å². The van der Waals surface area contributed by atoms with Gasteiger partial charge in [-0.25, -0.2) is 0 Å². The molecule has 1 aliphatic heterocycles. The molecule has 2 nitrogen and oxygen atoms in total. The molecular weight excluding hydrogens is 97.0 g/mol. The van der Waals surface area contributed by atoms with Gasteiger partial charge in [0.25, 0.3) is 5.91 Å². The normalized spacial score (nSPS) is 19.0. The zero-order valence-corrected chi connectivity index (χ0v) is 3.60. The Morgan fingerprint density at radius 2 is 2.57 bits per heavy atom. The summed E-state index contributed by atoms with van der Waals surface area (Å²) < 4.78 is 11.7. The van der Waals surface area contributed by atoms with Crippen molar-refractivity contribution in [3.8, 4) is 0 Å². The minimum absolute atomic E-state index is 0.0833. The summed E-state index contributed by atoms with van der Waals surface area (Å²) in [6.45, 7) is 0. The predicted octanol–water partition coefficient (Wildman–Crippen LogP) is 0.617. The molecule has 38 valence electrons. The lowest BCUT2D eigenvalue weighted by Crippen LogP contribution is -2.08. The van der Waals surface area contributed by atoms with Gasteiger partial charge in [-0.15, -0.1) is 0 Å². The zero-order valence-electron chi connectivity index (χ0n) is 3.60. The molecule has 0 bridgehead atoms. The molecule has 0 fully saturated rings. The van der Waals surface area contributed by atoms with E-state index in [9.17, 15) is 9.28 Å². The fourth-order valence-electron chi connectivity index (χ4n) is 0.416. The molecule has 0 N–H and O–H groups in total. The van der Waals surface area contributed by atoms with Gasteiger partial charge < -0.3 is 0 Å². The smallest absolute Gasteiger partial charge is 0.258 e. The quantitative estimate of drug-likeness (QED) is 0.409. The Bertz CT molecular complexity index is 121. The van der Waals surface area contributed by atoms with Gasteiger partial charge in [0.1, 0.15) is 0 Å². The summed E-state index contributed by atoms with van der Waals surface area (Å²) in [5.41, 5.74) is 0. The summed E-state index contributed by atoms with van der Waals surface area (Å²) in [6, 6.07) is 0. The molecule has 0 unspecified atom stereocenters. The van der Waals surface area contributed by atoms with E-state index in [1.165, 1.54) is 6.08 Å². The second-order valence-corrected chi connectivity index (χ2v) is 1.29. The molecular formula is C4H4FNO. The van der Waals surface area contributed by atoms with Crippen LogP contribution in [0.1, 0.15) is 6.42 Å². The van der Waals surface area contributed by atoms with Crippen LogP contribution in [0.25, 0.3) is 0 Å². The van der Waals surface area contributed by atoms with Gasteiger partial charge in [-0.05, 0) is 0 Å². The van der Waals surface area contributed by atoms with Crippen molar-refractivity contribution in [1.29, 1.82) is 0 Å². The number of halogens is 1. The molecule has 0 aromatic heterocycles. The van der Waals surface area contributed by atoms with E-state index in [1.54, 1.807) is 0 Å². The molecule has 0 aliphatic carbocycles. The van der Waals surface area contributed by atoms with Gasteiger partial charge in [0.15, 0.2) is 0 Å². The molecule has 1 rings (SSSR count). The summed E-state index contributed by atoms with van der Waals surface area (Å²) in [5.74, 6) is -0.486. The molecule has 0 saturated carbocycles. The highest BCUT2D eigenvalue weighted by molar-refractivity contribution is 5.79. The maximum atomic E-state index is 11.7. The Labute approximate surface area is 40.2 Å². The van der Waals surface area contributed by atoms with Crippen LogP contribution in [0.4, 0.5) is 4.48 Å². The van der Waals surface area contributed by atoms with Crippen LogP contribution in [-0.2, 0) is 4.79 Å². The van der Waals surface area contributed by atoms with Gasteiger partial charge in [-0.3, -0.25) is 4.79 Å². The summed E-state index contributed by atoms with van der Waals surface area (Å²) in [5, 5.41) is 0.0833. The van der Waals surface area contributed by atoms with Gasteiger partial charge in [0, 0.05) is 12.6 Å².